The molecule has 2 atom stereocenters. The molecule has 0 bridgehead atoms. The van der Waals surface area contributed by atoms with Crippen molar-refractivity contribution in [3.05, 3.63) is 35.6 Å². The van der Waals surface area contributed by atoms with Crippen LogP contribution in [0, 0.1) is 5.82 Å². The molecule has 0 spiro atoms. The fourth-order valence-corrected chi connectivity index (χ4v) is 2.64. The van der Waals surface area contributed by atoms with Crippen LogP contribution in [0.3, 0.4) is 0 Å². The van der Waals surface area contributed by atoms with Gasteiger partial charge in [-0.05, 0) is 63.5 Å². The zero-order valence-electron chi connectivity index (χ0n) is 15.3. The van der Waals surface area contributed by atoms with Crippen molar-refractivity contribution in [2.45, 2.75) is 64.6 Å². The summed E-state index contributed by atoms with van der Waals surface area (Å²) < 4.78 is 18.5. The molecule has 5 nitrogen and oxygen atoms in total. The van der Waals surface area contributed by atoms with Crippen LogP contribution < -0.4 is 16.4 Å². The highest BCUT2D eigenvalue weighted by molar-refractivity contribution is 7.80. The normalized spacial score (nSPS) is 13.6. The maximum absolute atomic E-state index is 13.2. The maximum atomic E-state index is 13.2. The van der Waals surface area contributed by atoms with Crippen molar-refractivity contribution in [2.75, 3.05) is 0 Å². The van der Waals surface area contributed by atoms with Crippen LogP contribution in [-0.2, 0) is 4.74 Å². The lowest BCUT2D eigenvalue weighted by molar-refractivity contribution is 0.0496. The Hall–Kier alpha value is -1.89. The van der Waals surface area contributed by atoms with E-state index in [4.69, 9.17) is 22.7 Å². The molecule has 1 aromatic carbocycles. The van der Waals surface area contributed by atoms with Gasteiger partial charge in [-0.15, -0.1) is 0 Å². The summed E-state index contributed by atoms with van der Waals surface area (Å²) in [5.74, 6) is -0.310. The van der Waals surface area contributed by atoms with E-state index in [0.717, 1.165) is 18.4 Å². The fourth-order valence-electron chi connectivity index (χ4n) is 2.50. The van der Waals surface area contributed by atoms with Gasteiger partial charge in [-0.3, -0.25) is 0 Å². The molecule has 0 heterocycles. The van der Waals surface area contributed by atoms with Crippen molar-refractivity contribution in [3.63, 3.8) is 0 Å². The second kappa shape index (κ2) is 9.56. The standard InChI is InChI=1S/C18H28FN3O2S/c1-5-6-14(21-17(23)24-18(2,3)4)11-15(22-16(20)25)12-7-9-13(19)10-8-12/h7-10,14-15H,5-6,11H2,1-4H3,(H,21,23)(H3,20,22,25). The predicted octanol–water partition coefficient (Wildman–Crippen LogP) is 3.78. The first-order chi connectivity index (χ1) is 11.6. The number of benzene rings is 1. The lowest BCUT2D eigenvalue weighted by atomic mass is 9.97. The quantitative estimate of drug-likeness (QED) is 0.638. The highest BCUT2D eigenvalue weighted by Gasteiger charge is 2.23. The summed E-state index contributed by atoms with van der Waals surface area (Å²) in [4.78, 5) is 12.1. The largest absolute Gasteiger partial charge is 0.444 e. The lowest BCUT2D eigenvalue weighted by Gasteiger charge is -2.27. The van der Waals surface area contributed by atoms with Gasteiger partial charge in [-0.2, -0.15) is 0 Å². The Morgan fingerprint density at radius 3 is 2.36 bits per heavy atom. The average molecular weight is 370 g/mol. The molecule has 0 aromatic heterocycles. The summed E-state index contributed by atoms with van der Waals surface area (Å²) >= 11 is 4.96. The number of carbonyl (C=O) groups is 1. The maximum Gasteiger partial charge on any atom is 0.407 e. The van der Waals surface area contributed by atoms with E-state index < -0.39 is 11.7 Å². The Labute approximate surface area is 154 Å². The predicted molar refractivity (Wildman–Crippen MR) is 102 cm³/mol. The number of alkyl carbamates (subject to hydrolysis) is 1. The van der Waals surface area contributed by atoms with Gasteiger partial charge in [0.1, 0.15) is 11.4 Å². The number of hydrogen-bond donors (Lipinski definition) is 3. The minimum absolute atomic E-state index is 0.128. The number of nitrogens with one attached hydrogen (secondary N) is 2. The molecule has 0 fully saturated rings. The van der Waals surface area contributed by atoms with Crippen molar-refractivity contribution < 1.29 is 13.9 Å². The highest BCUT2D eigenvalue weighted by atomic mass is 32.1. The minimum atomic E-state index is -0.561. The van der Waals surface area contributed by atoms with Gasteiger partial charge in [0, 0.05) is 6.04 Å². The molecular formula is C18H28FN3O2S. The van der Waals surface area contributed by atoms with Gasteiger partial charge in [0.2, 0.25) is 0 Å². The number of nitrogens with two attached hydrogens (primary N) is 1. The first kappa shape index (κ1) is 21.2. The van der Waals surface area contributed by atoms with Crippen LogP contribution in [-0.4, -0.2) is 22.8 Å². The van der Waals surface area contributed by atoms with E-state index in [1.165, 1.54) is 12.1 Å². The van der Waals surface area contributed by atoms with Crippen LogP contribution in [0.4, 0.5) is 9.18 Å². The lowest BCUT2D eigenvalue weighted by Crippen LogP contribution is -2.42. The van der Waals surface area contributed by atoms with Gasteiger partial charge in [0.15, 0.2) is 5.11 Å². The van der Waals surface area contributed by atoms with Gasteiger partial charge < -0.3 is 21.1 Å². The topological polar surface area (TPSA) is 76.4 Å². The summed E-state index contributed by atoms with van der Waals surface area (Å²) in [6.07, 6.45) is 1.76. The summed E-state index contributed by atoms with van der Waals surface area (Å²) in [7, 11) is 0. The number of rotatable bonds is 7. The molecular weight excluding hydrogens is 341 g/mol. The van der Waals surface area contributed by atoms with E-state index in [2.05, 4.69) is 10.6 Å². The molecule has 7 heteroatoms. The monoisotopic (exact) mass is 369 g/mol. The number of hydrogen-bond acceptors (Lipinski definition) is 3. The SMILES string of the molecule is CCCC(CC(NC(N)=S)c1ccc(F)cc1)NC(=O)OC(C)(C)C. The van der Waals surface area contributed by atoms with E-state index in [0.29, 0.717) is 6.42 Å². The molecule has 1 amide bonds. The molecule has 140 valence electrons. The molecule has 0 radical (unpaired) electrons. The fraction of sp³-hybridized carbons (Fsp3) is 0.556. The third-order valence-corrected chi connectivity index (χ3v) is 3.58. The van der Waals surface area contributed by atoms with Crippen molar-refractivity contribution in [2.24, 2.45) is 5.73 Å². The molecule has 1 rings (SSSR count). The molecule has 0 aliphatic carbocycles. The number of ether oxygens (including phenoxy) is 1. The molecule has 1 aromatic rings. The Morgan fingerprint density at radius 1 is 1.28 bits per heavy atom. The summed E-state index contributed by atoms with van der Waals surface area (Å²) in [6, 6.07) is 5.78. The molecule has 0 aliphatic heterocycles. The number of halogens is 1. The van der Waals surface area contributed by atoms with Gasteiger partial charge in [-0.25, -0.2) is 9.18 Å². The molecule has 0 saturated carbocycles. The second-order valence-corrected chi connectivity index (χ2v) is 7.42. The minimum Gasteiger partial charge on any atom is -0.444 e. The van der Waals surface area contributed by atoms with Crippen LogP contribution >= 0.6 is 12.2 Å². The Kier molecular flexibility index (Phi) is 8.09. The number of thiocarbonyl (C=S) groups is 1. The Bertz CT molecular complexity index is 573. The van der Waals surface area contributed by atoms with Crippen molar-refractivity contribution in [3.8, 4) is 0 Å². The zero-order valence-corrected chi connectivity index (χ0v) is 16.1. The van der Waals surface area contributed by atoms with Crippen molar-refractivity contribution in [1.29, 1.82) is 0 Å². The van der Waals surface area contributed by atoms with Crippen LogP contribution in [0.1, 0.15) is 58.6 Å². The first-order valence-corrected chi connectivity index (χ1v) is 8.82. The molecule has 4 N–H and O–H groups in total. The Morgan fingerprint density at radius 2 is 1.88 bits per heavy atom. The van der Waals surface area contributed by atoms with Gasteiger partial charge in [-0.1, -0.05) is 25.5 Å². The van der Waals surface area contributed by atoms with E-state index in [1.807, 2.05) is 27.7 Å². The Balaban J connectivity index is 2.86. The summed E-state index contributed by atoms with van der Waals surface area (Å²) in [5, 5.41) is 6.08. The third-order valence-electron chi connectivity index (χ3n) is 3.47. The van der Waals surface area contributed by atoms with E-state index in [-0.39, 0.29) is 23.0 Å². The first-order valence-electron chi connectivity index (χ1n) is 8.41. The summed E-state index contributed by atoms with van der Waals surface area (Å²) in [6.45, 7) is 7.49. The van der Waals surface area contributed by atoms with Crippen LogP contribution in [0.2, 0.25) is 0 Å². The second-order valence-electron chi connectivity index (χ2n) is 6.98. The molecule has 0 aliphatic rings. The van der Waals surface area contributed by atoms with Crippen molar-refractivity contribution >= 4 is 23.4 Å². The zero-order chi connectivity index (χ0) is 19.0. The van der Waals surface area contributed by atoms with Crippen LogP contribution in [0.15, 0.2) is 24.3 Å². The van der Waals surface area contributed by atoms with Crippen LogP contribution in [0.5, 0.6) is 0 Å². The average Bonchev–Trinajstić information content (AvgIpc) is 2.45. The molecule has 0 saturated heterocycles. The van der Waals surface area contributed by atoms with E-state index in [9.17, 15) is 9.18 Å². The number of amides is 1. The van der Waals surface area contributed by atoms with Gasteiger partial charge >= 0.3 is 6.09 Å². The van der Waals surface area contributed by atoms with Crippen LogP contribution in [0.25, 0.3) is 0 Å². The highest BCUT2D eigenvalue weighted by Crippen LogP contribution is 2.21. The summed E-state index contributed by atoms with van der Waals surface area (Å²) in [5.41, 5.74) is 5.92. The van der Waals surface area contributed by atoms with Gasteiger partial charge in [0.05, 0.1) is 6.04 Å². The molecule has 25 heavy (non-hydrogen) atoms. The van der Waals surface area contributed by atoms with Gasteiger partial charge in [0.25, 0.3) is 0 Å². The number of carbonyl (C=O) groups excluding carboxylic acids is 1. The van der Waals surface area contributed by atoms with E-state index >= 15 is 0 Å². The van der Waals surface area contributed by atoms with Crippen molar-refractivity contribution in [1.82, 2.24) is 10.6 Å². The third kappa shape index (κ3) is 8.67. The van der Waals surface area contributed by atoms with E-state index in [1.54, 1.807) is 12.1 Å². The smallest absolute Gasteiger partial charge is 0.407 e. The molecule has 2 unspecified atom stereocenters.